The molecule has 2 aromatic heterocycles. The zero-order valence-corrected chi connectivity index (χ0v) is 9.51. The first-order chi connectivity index (χ1) is 7.58. The van der Waals surface area contributed by atoms with Gasteiger partial charge < -0.3 is 5.11 Å². The Morgan fingerprint density at radius 1 is 1.50 bits per heavy atom. The van der Waals surface area contributed by atoms with E-state index in [1.165, 1.54) is 6.33 Å². The van der Waals surface area contributed by atoms with Crippen LogP contribution in [0, 0.1) is 0 Å². The Morgan fingerprint density at radius 2 is 2.25 bits per heavy atom. The summed E-state index contributed by atoms with van der Waals surface area (Å²) in [6.45, 7) is -0.421. The molecule has 0 atom stereocenters. The van der Waals surface area contributed by atoms with Gasteiger partial charge in [-0.25, -0.2) is 9.97 Å². The molecule has 0 saturated carbocycles. The molecule has 0 fully saturated rings. The van der Waals surface area contributed by atoms with Crippen molar-refractivity contribution in [1.29, 1.82) is 0 Å². The summed E-state index contributed by atoms with van der Waals surface area (Å²) < 4.78 is 1.51. The third-order valence-electron chi connectivity index (χ3n) is 1.95. The summed E-state index contributed by atoms with van der Waals surface area (Å²) in [6.07, 6.45) is 1.20. The molecule has 0 aromatic carbocycles. The van der Waals surface area contributed by atoms with E-state index >= 15 is 0 Å². The minimum Gasteiger partial charge on any atom is -0.480 e. The molecule has 0 radical (unpaired) electrons. The largest absolute Gasteiger partial charge is 0.480 e. The molecule has 1 N–H and O–H groups in total. The summed E-state index contributed by atoms with van der Waals surface area (Å²) in [5, 5.41) is 8.60. The zero-order chi connectivity index (χ0) is 11.7. The van der Waals surface area contributed by atoms with Crippen LogP contribution in [0.15, 0.2) is 27.9 Å². The number of halogens is 1. The minimum atomic E-state index is -1.10. The molecular weight excluding hydrogens is 278 g/mol. The first-order valence-electron chi connectivity index (χ1n) is 4.31. The van der Waals surface area contributed by atoms with Gasteiger partial charge in [-0.05, 0) is 28.1 Å². The topological polar surface area (TPSA) is 85.1 Å². The van der Waals surface area contributed by atoms with Gasteiger partial charge >= 0.3 is 5.97 Å². The van der Waals surface area contributed by atoms with Crippen molar-refractivity contribution < 1.29 is 9.90 Å². The lowest BCUT2D eigenvalue weighted by atomic mass is 10.3. The predicted molar refractivity (Wildman–Crippen MR) is 59.1 cm³/mol. The number of carboxylic acids is 1. The summed E-state index contributed by atoms with van der Waals surface area (Å²) in [5.41, 5.74) is 0.127. The van der Waals surface area contributed by atoms with E-state index in [9.17, 15) is 9.59 Å². The number of nitrogens with zero attached hydrogens (tertiary/aromatic N) is 3. The van der Waals surface area contributed by atoms with Crippen molar-refractivity contribution >= 4 is 32.9 Å². The maximum Gasteiger partial charge on any atom is 0.323 e. The number of hydrogen-bond donors (Lipinski definition) is 1. The monoisotopic (exact) mass is 283 g/mol. The third kappa shape index (κ3) is 1.94. The fourth-order valence-electron chi connectivity index (χ4n) is 1.27. The third-order valence-corrected chi connectivity index (χ3v) is 2.39. The Bertz CT molecular complexity index is 623. The van der Waals surface area contributed by atoms with Crippen LogP contribution in [0.3, 0.4) is 0 Å². The Labute approximate surface area is 97.7 Å². The predicted octanol–water partition coefficient (Wildman–Crippen LogP) is 0.639. The molecule has 2 rings (SSSR count). The highest BCUT2D eigenvalue weighted by Crippen LogP contribution is 2.09. The standard InChI is InChI=1S/C9H6BrN3O3/c10-6-2-1-5-8(12-6)9(16)13(4-11-5)3-7(14)15/h1-2,4H,3H2,(H,14,15). The van der Waals surface area contributed by atoms with Crippen LogP contribution in [-0.2, 0) is 11.3 Å². The van der Waals surface area contributed by atoms with Crippen LogP contribution in [0.2, 0.25) is 0 Å². The first kappa shape index (κ1) is 10.7. The number of rotatable bonds is 2. The minimum absolute atomic E-state index is 0.151. The second-order valence-corrected chi connectivity index (χ2v) is 3.89. The molecule has 7 heteroatoms. The van der Waals surface area contributed by atoms with Gasteiger partial charge in [0.25, 0.3) is 5.56 Å². The molecule has 0 aliphatic carbocycles. The van der Waals surface area contributed by atoms with Crippen molar-refractivity contribution in [3.8, 4) is 0 Å². The van der Waals surface area contributed by atoms with Crippen molar-refractivity contribution in [2.45, 2.75) is 6.54 Å². The summed E-state index contributed by atoms with van der Waals surface area (Å²) >= 11 is 3.14. The molecule has 0 aliphatic rings. The molecule has 0 spiro atoms. The number of aliphatic carboxylic acids is 1. The van der Waals surface area contributed by atoms with Crippen LogP contribution in [0.4, 0.5) is 0 Å². The van der Waals surface area contributed by atoms with E-state index < -0.39 is 18.1 Å². The first-order valence-corrected chi connectivity index (χ1v) is 5.11. The maximum absolute atomic E-state index is 11.8. The van der Waals surface area contributed by atoms with Gasteiger partial charge in [-0.3, -0.25) is 14.2 Å². The number of pyridine rings is 1. The van der Waals surface area contributed by atoms with Gasteiger partial charge in [-0.15, -0.1) is 0 Å². The molecular formula is C9H6BrN3O3. The van der Waals surface area contributed by atoms with Crippen LogP contribution in [0.5, 0.6) is 0 Å². The van der Waals surface area contributed by atoms with Gasteiger partial charge in [0.1, 0.15) is 11.1 Å². The Morgan fingerprint density at radius 3 is 2.94 bits per heavy atom. The van der Waals surface area contributed by atoms with Crippen LogP contribution < -0.4 is 5.56 Å². The summed E-state index contributed by atoms with van der Waals surface area (Å²) in [4.78, 5) is 30.2. The molecule has 6 nitrogen and oxygen atoms in total. The van der Waals surface area contributed by atoms with Crippen LogP contribution in [-0.4, -0.2) is 25.6 Å². The number of carbonyl (C=O) groups is 1. The maximum atomic E-state index is 11.8. The van der Waals surface area contributed by atoms with Crippen LogP contribution >= 0.6 is 15.9 Å². The molecule has 0 unspecified atom stereocenters. The SMILES string of the molecule is O=C(O)Cn1cnc2ccc(Br)nc2c1=O. The van der Waals surface area contributed by atoms with Crippen molar-refractivity contribution in [3.05, 3.63) is 33.4 Å². The molecule has 0 amide bonds. The lowest BCUT2D eigenvalue weighted by molar-refractivity contribution is -0.137. The molecule has 16 heavy (non-hydrogen) atoms. The average Bonchev–Trinajstić information content (AvgIpc) is 2.22. The summed E-state index contributed by atoms with van der Waals surface area (Å²) in [7, 11) is 0. The van der Waals surface area contributed by atoms with E-state index in [0.29, 0.717) is 10.1 Å². The summed E-state index contributed by atoms with van der Waals surface area (Å²) in [5.74, 6) is -1.10. The number of carboxylic acid groups (broad SMARTS) is 1. The highest BCUT2D eigenvalue weighted by atomic mass is 79.9. The van der Waals surface area contributed by atoms with Gasteiger partial charge in [-0.2, -0.15) is 0 Å². The van der Waals surface area contributed by atoms with Gasteiger partial charge in [0, 0.05) is 0 Å². The van der Waals surface area contributed by atoms with Crippen LogP contribution in [0.1, 0.15) is 0 Å². The number of hydrogen-bond acceptors (Lipinski definition) is 4. The van der Waals surface area contributed by atoms with E-state index in [4.69, 9.17) is 5.11 Å². The fourth-order valence-corrected chi connectivity index (χ4v) is 1.58. The Hall–Kier alpha value is -1.76. The van der Waals surface area contributed by atoms with E-state index in [2.05, 4.69) is 25.9 Å². The van der Waals surface area contributed by atoms with Crippen molar-refractivity contribution in [2.75, 3.05) is 0 Å². The normalized spacial score (nSPS) is 10.6. The van der Waals surface area contributed by atoms with Crippen molar-refractivity contribution in [3.63, 3.8) is 0 Å². The van der Waals surface area contributed by atoms with Crippen molar-refractivity contribution in [2.24, 2.45) is 0 Å². The lowest BCUT2D eigenvalue weighted by Crippen LogP contribution is -2.25. The molecule has 0 saturated heterocycles. The number of aromatic nitrogens is 3. The molecule has 82 valence electrons. The van der Waals surface area contributed by atoms with Gasteiger partial charge in [0.15, 0.2) is 5.52 Å². The van der Waals surface area contributed by atoms with Gasteiger partial charge in [0.2, 0.25) is 0 Å². The van der Waals surface area contributed by atoms with E-state index in [0.717, 1.165) is 4.57 Å². The average molecular weight is 284 g/mol. The van der Waals surface area contributed by atoms with Crippen molar-refractivity contribution in [1.82, 2.24) is 14.5 Å². The van der Waals surface area contributed by atoms with E-state index in [1.807, 2.05) is 0 Å². The van der Waals surface area contributed by atoms with E-state index in [-0.39, 0.29) is 5.52 Å². The molecule has 0 bridgehead atoms. The second-order valence-electron chi connectivity index (χ2n) is 3.07. The van der Waals surface area contributed by atoms with Gasteiger partial charge in [-0.1, -0.05) is 0 Å². The second kappa shape index (κ2) is 4.01. The Kier molecular flexibility index (Phi) is 2.69. The number of fused-ring (bicyclic) bond motifs is 1. The molecule has 2 heterocycles. The van der Waals surface area contributed by atoms with E-state index in [1.54, 1.807) is 12.1 Å². The van der Waals surface area contributed by atoms with Crippen LogP contribution in [0.25, 0.3) is 11.0 Å². The highest BCUT2D eigenvalue weighted by molar-refractivity contribution is 9.10. The highest BCUT2D eigenvalue weighted by Gasteiger charge is 2.08. The fraction of sp³-hybridized carbons (Fsp3) is 0.111. The zero-order valence-electron chi connectivity index (χ0n) is 7.92. The quantitative estimate of drug-likeness (QED) is 0.818. The molecule has 2 aromatic rings. The Balaban J connectivity index is 2.68. The molecule has 0 aliphatic heterocycles. The summed E-state index contributed by atoms with van der Waals surface area (Å²) in [6, 6.07) is 3.30. The van der Waals surface area contributed by atoms with Gasteiger partial charge in [0.05, 0.1) is 11.8 Å². The smallest absolute Gasteiger partial charge is 0.323 e. The lowest BCUT2D eigenvalue weighted by Gasteiger charge is -2.02.